The topological polar surface area (TPSA) is 94.8 Å². The maximum absolute atomic E-state index is 16.1. The normalized spacial score (nSPS) is 23.5. The van der Waals surface area contributed by atoms with Crippen molar-refractivity contribution in [3.8, 4) is 23.0 Å². The number of phenolic OH excluding ortho intramolecular Hbond substituents is 1. The first-order chi connectivity index (χ1) is 17.7. The molecule has 2 aromatic heterocycles. The number of halogens is 1. The molecule has 2 N–H and O–H groups in total. The number of rotatable bonds is 5. The first kappa shape index (κ1) is 24.3. The van der Waals surface area contributed by atoms with Crippen LogP contribution >= 0.6 is 0 Å². The zero-order chi connectivity index (χ0) is 25.8. The van der Waals surface area contributed by atoms with E-state index in [1.54, 1.807) is 18.3 Å². The van der Waals surface area contributed by atoms with Crippen LogP contribution in [0.1, 0.15) is 51.0 Å². The molecule has 3 aliphatic heterocycles. The summed E-state index contributed by atoms with van der Waals surface area (Å²) in [6, 6.07) is 4.97. The lowest BCUT2D eigenvalue weighted by molar-refractivity contribution is 0.0447. The minimum absolute atomic E-state index is 0.00784. The Kier molecular flexibility index (Phi) is 5.95. The van der Waals surface area contributed by atoms with Crippen molar-refractivity contribution in [1.82, 2.24) is 19.9 Å². The van der Waals surface area contributed by atoms with E-state index >= 15 is 4.39 Å². The van der Waals surface area contributed by atoms with Gasteiger partial charge in [0, 0.05) is 24.8 Å². The second kappa shape index (κ2) is 9.06. The molecule has 3 aliphatic rings. The maximum Gasteiger partial charge on any atom is 0.319 e. The molecule has 0 spiro atoms. The standard InChI is InChI=1S/C28H34FN5O3/c1-18-6-7-19(35)14-20(18)23-22(29)24-21(15-30-23)25(33-11-3-8-27(2,36)16-33)32-26(31-24)37-17-28-9-4-12-34(28)13-5-10-28/h6-7,14-15,35-36H,3-5,8-13,16-17H2,1-2H3. The number of ether oxygens (including phenoxy) is 1. The molecular formula is C28H34FN5O3. The maximum atomic E-state index is 16.1. The first-order valence-corrected chi connectivity index (χ1v) is 13.3. The van der Waals surface area contributed by atoms with E-state index in [4.69, 9.17) is 9.72 Å². The molecule has 0 radical (unpaired) electrons. The molecule has 8 nitrogen and oxygen atoms in total. The Balaban J connectivity index is 1.45. The molecule has 0 amide bonds. The zero-order valence-electron chi connectivity index (χ0n) is 21.5. The Bertz CT molecular complexity index is 1340. The van der Waals surface area contributed by atoms with Crippen molar-refractivity contribution in [3.05, 3.63) is 35.8 Å². The van der Waals surface area contributed by atoms with Crippen LogP contribution in [0, 0.1) is 12.7 Å². The number of aliphatic hydroxyl groups is 1. The Morgan fingerprint density at radius 2 is 1.84 bits per heavy atom. The number of β-amino-alcohol motifs (C(OH)–C–C–N with tert-alkyl or cyclic N) is 1. The molecule has 1 atom stereocenters. The highest BCUT2D eigenvalue weighted by atomic mass is 19.1. The molecule has 5 heterocycles. The van der Waals surface area contributed by atoms with Crippen LogP contribution in [0.4, 0.5) is 10.2 Å². The minimum Gasteiger partial charge on any atom is -0.508 e. The molecule has 1 unspecified atom stereocenters. The van der Waals surface area contributed by atoms with Gasteiger partial charge in [-0.1, -0.05) is 6.07 Å². The number of pyridine rings is 1. The lowest BCUT2D eigenvalue weighted by Gasteiger charge is -2.38. The number of benzene rings is 1. The number of aromatic nitrogens is 3. The van der Waals surface area contributed by atoms with Crippen LogP contribution in [0.15, 0.2) is 24.4 Å². The lowest BCUT2D eigenvalue weighted by Crippen LogP contribution is -2.46. The van der Waals surface area contributed by atoms with E-state index in [-0.39, 0.29) is 28.5 Å². The Morgan fingerprint density at radius 3 is 2.59 bits per heavy atom. The van der Waals surface area contributed by atoms with Crippen LogP contribution < -0.4 is 9.64 Å². The number of fused-ring (bicyclic) bond motifs is 2. The summed E-state index contributed by atoms with van der Waals surface area (Å²) in [6.45, 7) is 7.38. The number of piperidine rings is 1. The van der Waals surface area contributed by atoms with E-state index in [0.29, 0.717) is 42.9 Å². The van der Waals surface area contributed by atoms with E-state index in [0.717, 1.165) is 50.8 Å². The Labute approximate surface area is 216 Å². The van der Waals surface area contributed by atoms with Crippen LogP contribution in [0.5, 0.6) is 11.8 Å². The van der Waals surface area contributed by atoms with Crippen molar-refractivity contribution < 1.29 is 19.3 Å². The van der Waals surface area contributed by atoms with Crippen LogP contribution in [0.25, 0.3) is 22.2 Å². The summed E-state index contributed by atoms with van der Waals surface area (Å²) >= 11 is 0. The number of hydrogen-bond donors (Lipinski definition) is 2. The third kappa shape index (κ3) is 4.38. The molecule has 0 bridgehead atoms. The number of hydrogen-bond acceptors (Lipinski definition) is 8. The van der Waals surface area contributed by atoms with Gasteiger partial charge in [0.15, 0.2) is 5.82 Å². The number of aromatic hydroxyl groups is 1. The molecule has 0 aliphatic carbocycles. The quantitative estimate of drug-likeness (QED) is 0.531. The summed E-state index contributed by atoms with van der Waals surface area (Å²) in [5.41, 5.74) is 0.698. The third-order valence-corrected chi connectivity index (χ3v) is 8.38. The Morgan fingerprint density at radius 1 is 1.08 bits per heavy atom. The third-order valence-electron chi connectivity index (χ3n) is 8.38. The second-order valence-electron chi connectivity index (χ2n) is 11.2. The number of phenols is 1. The van der Waals surface area contributed by atoms with Gasteiger partial charge < -0.3 is 19.8 Å². The largest absolute Gasteiger partial charge is 0.508 e. The van der Waals surface area contributed by atoms with E-state index in [9.17, 15) is 10.2 Å². The van der Waals surface area contributed by atoms with Crippen LogP contribution in [-0.4, -0.2) is 74.0 Å². The molecule has 196 valence electrons. The fourth-order valence-corrected chi connectivity index (χ4v) is 6.44. The van der Waals surface area contributed by atoms with Gasteiger partial charge in [0.2, 0.25) is 0 Å². The molecule has 1 aromatic carbocycles. The highest BCUT2D eigenvalue weighted by Crippen LogP contribution is 2.40. The van der Waals surface area contributed by atoms with Crippen molar-refractivity contribution in [2.45, 2.75) is 63.5 Å². The monoisotopic (exact) mass is 507 g/mol. The molecule has 3 saturated heterocycles. The molecule has 3 aromatic rings. The predicted molar refractivity (Wildman–Crippen MR) is 139 cm³/mol. The summed E-state index contributed by atoms with van der Waals surface area (Å²) in [5, 5.41) is 21.3. The average molecular weight is 508 g/mol. The SMILES string of the molecule is Cc1ccc(O)cc1-c1ncc2c(N3CCCC(C)(O)C3)nc(OCC34CCCN3CCC4)nc2c1F. The van der Waals surface area contributed by atoms with E-state index in [2.05, 4.69) is 14.9 Å². The molecular weight excluding hydrogens is 473 g/mol. The van der Waals surface area contributed by atoms with E-state index < -0.39 is 11.4 Å². The van der Waals surface area contributed by atoms with Crippen LogP contribution in [-0.2, 0) is 0 Å². The van der Waals surface area contributed by atoms with Gasteiger partial charge in [-0.3, -0.25) is 9.88 Å². The number of anilines is 1. The second-order valence-corrected chi connectivity index (χ2v) is 11.2. The van der Waals surface area contributed by atoms with Gasteiger partial charge in [0.1, 0.15) is 29.4 Å². The van der Waals surface area contributed by atoms with Crippen molar-refractivity contribution in [2.24, 2.45) is 0 Å². The zero-order valence-corrected chi connectivity index (χ0v) is 21.5. The van der Waals surface area contributed by atoms with Crippen LogP contribution in [0.2, 0.25) is 0 Å². The summed E-state index contributed by atoms with van der Waals surface area (Å²) in [6.07, 6.45) is 7.56. The highest BCUT2D eigenvalue weighted by molar-refractivity contribution is 5.92. The van der Waals surface area contributed by atoms with Gasteiger partial charge >= 0.3 is 6.01 Å². The van der Waals surface area contributed by atoms with Crippen molar-refractivity contribution in [2.75, 3.05) is 37.7 Å². The summed E-state index contributed by atoms with van der Waals surface area (Å²) < 4.78 is 22.4. The van der Waals surface area contributed by atoms with Gasteiger partial charge in [0.25, 0.3) is 0 Å². The highest BCUT2D eigenvalue weighted by Gasteiger charge is 2.45. The van der Waals surface area contributed by atoms with E-state index in [1.165, 1.54) is 6.07 Å². The smallest absolute Gasteiger partial charge is 0.319 e. The van der Waals surface area contributed by atoms with Gasteiger partial charge in [-0.15, -0.1) is 0 Å². The number of aryl methyl sites for hydroxylation is 1. The molecule has 0 saturated carbocycles. The van der Waals surface area contributed by atoms with Crippen LogP contribution in [0.3, 0.4) is 0 Å². The molecule has 6 rings (SSSR count). The molecule has 3 fully saturated rings. The van der Waals surface area contributed by atoms with Gasteiger partial charge in [0.05, 0.1) is 16.5 Å². The van der Waals surface area contributed by atoms with Gasteiger partial charge in [-0.05, 0) is 83.2 Å². The fourth-order valence-electron chi connectivity index (χ4n) is 6.44. The molecule has 37 heavy (non-hydrogen) atoms. The predicted octanol–water partition coefficient (Wildman–Crippen LogP) is 4.20. The number of nitrogens with zero attached hydrogens (tertiary/aromatic N) is 5. The summed E-state index contributed by atoms with van der Waals surface area (Å²) in [4.78, 5) is 18.2. The summed E-state index contributed by atoms with van der Waals surface area (Å²) in [5.74, 6) is -0.00969. The van der Waals surface area contributed by atoms with Crippen molar-refractivity contribution in [3.63, 3.8) is 0 Å². The van der Waals surface area contributed by atoms with E-state index in [1.807, 2.05) is 18.7 Å². The molecule has 9 heteroatoms. The van der Waals surface area contributed by atoms with Crippen molar-refractivity contribution >= 4 is 16.7 Å². The summed E-state index contributed by atoms with van der Waals surface area (Å²) in [7, 11) is 0. The Hall–Kier alpha value is -3.04. The first-order valence-electron chi connectivity index (χ1n) is 13.3. The lowest BCUT2D eigenvalue weighted by atomic mass is 9.95. The van der Waals surface area contributed by atoms with Gasteiger partial charge in [-0.2, -0.15) is 9.97 Å². The van der Waals surface area contributed by atoms with Crippen molar-refractivity contribution in [1.29, 1.82) is 0 Å². The average Bonchev–Trinajstić information content (AvgIpc) is 3.44. The van der Waals surface area contributed by atoms with Gasteiger partial charge in [-0.25, -0.2) is 4.39 Å². The fraction of sp³-hybridized carbons (Fsp3) is 0.536. The minimum atomic E-state index is -0.867.